The second-order valence-corrected chi connectivity index (χ2v) is 42.6. The number of carbonyl (C=O) groups excluding carboxylic acids is 6. The van der Waals surface area contributed by atoms with Gasteiger partial charge in [-0.25, -0.2) is 29.9 Å². The Bertz CT molecular complexity index is 6570. The number of rotatable bonds is 43. The molecule has 0 unspecified atom stereocenters. The van der Waals surface area contributed by atoms with Crippen molar-refractivity contribution in [3.8, 4) is 96.5 Å². The van der Waals surface area contributed by atoms with Crippen LogP contribution in [-0.2, 0) is 64.3 Å². The molecule has 0 radical (unpaired) electrons. The molecule has 768 valence electrons. The van der Waals surface area contributed by atoms with Crippen LogP contribution in [0.25, 0.3) is 79.3 Å². The number of nitrogens with one attached hydrogen (secondary N) is 2. The van der Waals surface area contributed by atoms with Gasteiger partial charge in [0.1, 0.15) is 23.3 Å². The fraction of sp³-hybridized carbons (Fsp3) is 0.376. The van der Waals surface area contributed by atoms with Gasteiger partial charge in [0.2, 0.25) is 23.5 Å². The van der Waals surface area contributed by atoms with Crippen molar-refractivity contribution in [2.75, 3.05) is 52.5 Å². The number of aromatic nitrogens is 8. The average Bonchev–Trinajstić information content (AvgIpc) is 1.74. The lowest BCUT2D eigenvalue weighted by atomic mass is 9.86. The standard InChI is InChI=1S/C41H46N6O6.C39H45N3O5S.C37H41N3O5S/c1-5-6-7-8-22-52-33-11-9-10-30(24-33)37-46-40(53-47-37)31-25-43-36(44-26-31)28-14-12-27(13-15-28)23-34(39(51)42-21-20-35(48)49)45-38(50)29-16-18-32(19-17-29)41(2,3)4;1-5-6-7-20-47-32-14-12-27(13-15-32)31-23-40-36(41-24-31)28-10-8-26(9-11-28)21-30(37(44)42-19-18-29(25-42)38(45)46)22-33(43)34-16-17-35(48-34)39(2,3)4;1-5-18-45-30-12-10-25(11-13-30)29-21-38-34(39-22-29)26-8-6-24(7-9-26)19-28(35(42)40-17-16-27(23-40)36(43)44)20-31(41)32-14-15-33(46-32)37(2,3)4/h9-19,24-26,34H,5-8,20-23H2,1-4H3,(H,42,51)(H,45,50)(H,48,49);8-17,23-24,29-30H,5-7,18-22,25H2,1-4H3,(H,45,46);6-15,21-22,27-28H,5,16-20,23H2,1-4H3,(H,43,44)/t34-;29-,30+;27-,28+/m000/s1. The number of aliphatic carboxylic acids is 3. The summed E-state index contributed by atoms with van der Waals surface area (Å²) in [6, 6.07) is 60.3. The summed E-state index contributed by atoms with van der Waals surface area (Å²) in [6.45, 7) is 28.5. The summed E-state index contributed by atoms with van der Waals surface area (Å²) in [5.74, 6) is -1.70. The summed E-state index contributed by atoms with van der Waals surface area (Å²) in [5.41, 5.74) is 11.5. The number of Topliss-reactive ketones (excluding diaryl/α,β-unsaturated/α-hetero) is 2. The molecule has 2 saturated heterocycles. The van der Waals surface area contributed by atoms with Crippen molar-refractivity contribution >= 4 is 75.8 Å². The number of unbranched alkanes of at least 4 members (excludes halogenated alkanes) is 5. The minimum atomic E-state index is -1.03. The first kappa shape index (κ1) is 110. The molecule has 13 aromatic rings. The van der Waals surface area contributed by atoms with Crippen LogP contribution in [0.1, 0.15) is 228 Å². The summed E-state index contributed by atoms with van der Waals surface area (Å²) in [7, 11) is 0. The first-order chi connectivity index (χ1) is 70.5. The van der Waals surface area contributed by atoms with Crippen molar-refractivity contribution in [1.82, 2.24) is 60.5 Å². The highest BCUT2D eigenvalue weighted by molar-refractivity contribution is 7.14. The van der Waals surface area contributed by atoms with Crippen molar-refractivity contribution in [1.29, 1.82) is 0 Å². The number of nitrogens with zero attached hydrogens (tertiary/aromatic N) is 10. The van der Waals surface area contributed by atoms with Crippen molar-refractivity contribution in [2.45, 2.75) is 208 Å². The average molecular weight is 2030 g/mol. The smallest absolute Gasteiger partial charge is 0.308 e. The number of thiophene rings is 2. The summed E-state index contributed by atoms with van der Waals surface area (Å²) < 4.78 is 22.9. The van der Waals surface area contributed by atoms with Crippen molar-refractivity contribution in [3.05, 3.63) is 279 Å². The van der Waals surface area contributed by atoms with E-state index < -0.39 is 59.4 Å². The zero-order valence-corrected chi connectivity index (χ0v) is 87.4. The van der Waals surface area contributed by atoms with Gasteiger partial charge < -0.3 is 54.5 Å². The van der Waals surface area contributed by atoms with E-state index in [1.54, 1.807) is 46.7 Å². The van der Waals surface area contributed by atoms with Gasteiger partial charge in [-0.2, -0.15) is 4.98 Å². The van der Waals surface area contributed by atoms with Crippen LogP contribution in [0.4, 0.5) is 0 Å². The molecule has 147 heavy (non-hydrogen) atoms. The zero-order chi connectivity index (χ0) is 105. The summed E-state index contributed by atoms with van der Waals surface area (Å²) >= 11 is 2.95. The molecule has 8 heterocycles. The Kier molecular flexibility index (Phi) is 38.7. The Morgan fingerprint density at radius 3 is 1.27 bits per heavy atom. The van der Waals surface area contributed by atoms with Gasteiger partial charge in [0.15, 0.2) is 29.0 Å². The van der Waals surface area contributed by atoms with Gasteiger partial charge in [-0.1, -0.05) is 242 Å². The number of benzene rings is 7. The van der Waals surface area contributed by atoms with Crippen LogP contribution < -0.4 is 24.8 Å². The molecule has 0 spiro atoms. The maximum absolute atomic E-state index is 13.7. The van der Waals surface area contributed by atoms with E-state index in [0.29, 0.717) is 96.2 Å². The molecule has 0 saturated carbocycles. The molecule has 30 heteroatoms. The number of carboxylic acid groups (broad SMARTS) is 3. The van der Waals surface area contributed by atoms with E-state index in [1.807, 2.05) is 194 Å². The van der Waals surface area contributed by atoms with Gasteiger partial charge in [0.05, 0.1) is 53.4 Å². The van der Waals surface area contributed by atoms with Crippen molar-refractivity contribution < 1.29 is 77.2 Å². The van der Waals surface area contributed by atoms with E-state index in [-0.39, 0.29) is 90.8 Å². The fourth-order valence-electron chi connectivity index (χ4n) is 16.9. The second kappa shape index (κ2) is 51.9. The predicted octanol–water partition coefficient (Wildman–Crippen LogP) is 22.5. The molecule has 7 aromatic carbocycles. The number of likely N-dealkylation sites (tertiary alicyclic amines) is 2. The third-order valence-electron chi connectivity index (χ3n) is 25.7. The van der Waals surface area contributed by atoms with Crippen LogP contribution in [0.5, 0.6) is 17.2 Å². The maximum atomic E-state index is 13.7. The van der Waals surface area contributed by atoms with Crippen LogP contribution in [-0.4, -0.2) is 177 Å². The zero-order valence-electron chi connectivity index (χ0n) is 85.7. The van der Waals surface area contributed by atoms with E-state index in [1.165, 1.54) is 35.5 Å². The lowest BCUT2D eigenvalue weighted by Gasteiger charge is -2.23. The van der Waals surface area contributed by atoms with Gasteiger partial charge in [0, 0.05) is 150 Å². The Hall–Kier alpha value is -14.7. The molecule has 2 aliphatic rings. The molecule has 0 bridgehead atoms. The van der Waals surface area contributed by atoms with E-state index in [9.17, 15) is 53.4 Å². The largest absolute Gasteiger partial charge is 0.494 e. The van der Waals surface area contributed by atoms with Gasteiger partial charge >= 0.3 is 17.9 Å². The van der Waals surface area contributed by atoms with E-state index in [2.05, 4.69) is 134 Å². The van der Waals surface area contributed by atoms with Crippen LogP contribution in [0.3, 0.4) is 0 Å². The van der Waals surface area contributed by atoms with E-state index in [0.717, 1.165) is 139 Å². The van der Waals surface area contributed by atoms with Gasteiger partial charge in [-0.3, -0.25) is 43.2 Å². The number of amides is 4. The lowest BCUT2D eigenvalue weighted by Crippen LogP contribution is -2.48. The molecular weight excluding hydrogens is 1890 g/mol. The van der Waals surface area contributed by atoms with E-state index in [4.69, 9.17) is 23.8 Å². The molecule has 15 rings (SSSR count). The third kappa shape index (κ3) is 31.7. The Morgan fingerprint density at radius 1 is 0.429 bits per heavy atom. The lowest BCUT2D eigenvalue weighted by molar-refractivity contribution is -0.143. The number of carbonyl (C=O) groups is 9. The highest BCUT2D eigenvalue weighted by Gasteiger charge is 2.38. The number of ether oxygens (including phenoxy) is 3. The number of ketones is 2. The van der Waals surface area contributed by atoms with Crippen LogP contribution >= 0.6 is 22.7 Å². The summed E-state index contributed by atoms with van der Waals surface area (Å²) in [6.07, 6.45) is 21.0. The molecule has 5 atom stereocenters. The summed E-state index contributed by atoms with van der Waals surface area (Å²) in [5, 5.41) is 37.6. The first-order valence-electron chi connectivity index (χ1n) is 50.5. The fourth-order valence-corrected chi connectivity index (χ4v) is 18.9. The number of hydrogen-bond donors (Lipinski definition) is 5. The van der Waals surface area contributed by atoms with Gasteiger partial charge in [-0.15, -0.1) is 22.7 Å². The molecule has 2 aliphatic heterocycles. The molecular formula is C117H132N12O16S2. The maximum Gasteiger partial charge on any atom is 0.308 e. The predicted molar refractivity (Wildman–Crippen MR) is 571 cm³/mol. The Morgan fingerprint density at radius 2 is 0.850 bits per heavy atom. The Balaban J connectivity index is 0.000000185. The molecule has 28 nitrogen and oxygen atoms in total. The minimum absolute atomic E-state index is 0.0562. The third-order valence-corrected chi connectivity index (χ3v) is 28.8. The molecule has 2 fully saturated rings. The van der Waals surface area contributed by atoms with Crippen molar-refractivity contribution in [2.24, 2.45) is 23.7 Å². The molecule has 0 aliphatic carbocycles. The first-order valence-corrected chi connectivity index (χ1v) is 52.2. The van der Waals surface area contributed by atoms with Crippen LogP contribution in [0.2, 0.25) is 0 Å². The monoisotopic (exact) mass is 2020 g/mol. The number of carboxylic acids is 3. The van der Waals surface area contributed by atoms with Crippen LogP contribution in [0, 0.1) is 23.7 Å². The molecule has 5 N–H and O–H groups in total. The quantitative estimate of drug-likeness (QED) is 0.0175. The van der Waals surface area contributed by atoms with E-state index >= 15 is 0 Å². The summed E-state index contributed by atoms with van der Waals surface area (Å²) in [4.78, 5) is 153. The minimum Gasteiger partial charge on any atom is -0.494 e. The highest BCUT2D eigenvalue weighted by atomic mass is 32.1. The molecule has 4 amide bonds. The second-order valence-electron chi connectivity index (χ2n) is 40.4. The van der Waals surface area contributed by atoms with Crippen LogP contribution in [0.15, 0.2) is 236 Å². The highest BCUT2D eigenvalue weighted by Crippen LogP contribution is 2.37. The van der Waals surface area contributed by atoms with Gasteiger partial charge in [-0.05, 0) is 167 Å². The number of hydrogen-bond acceptors (Lipinski definition) is 23. The van der Waals surface area contributed by atoms with Gasteiger partial charge in [0.25, 0.3) is 11.8 Å². The van der Waals surface area contributed by atoms with Crippen molar-refractivity contribution in [3.63, 3.8) is 0 Å². The SMILES string of the molecule is CCCCCCOc1cccc(-c2noc(-c3cnc(-c4ccc(C[C@H](NC(=O)c5ccc(C(C)(C)C)cc5)C(=O)NCCC(=O)O)cc4)nc3)n2)c1.CCCCCOc1ccc(-c2cnc(-c3ccc(C[C@H](CC(=O)c4ccc(C(C)(C)C)s4)C(=O)N4CC[C@H](C(=O)O)C4)cc3)nc2)cc1.CCCOc1ccc(-c2cnc(-c3ccc(C[C@H](CC(=O)c4ccc(C(C)(C)C)s4)C(=O)N4CC[C@H](C(=O)O)C4)cc3)nc2)cc1. The topological polar surface area (TPSA) is 389 Å². The normalized spacial score (nSPS) is 14.1. The Labute approximate surface area is 867 Å². The molecule has 6 aromatic heterocycles.